The fourth-order valence-corrected chi connectivity index (χ4v) is 1.26. The second-order valence-corrected chi connectivity index (χ2v) is 2.91. The van der Waals surface area contributed by atoms with Crippen molar-refractivity contribution in [3.8, 4) is 5.75 Å². The molecule has 0 amide bonds. The van der Waals surface area contributed by atoms with Crippen molar-refractivity contribution in [1.29, 1.82) is 0 Å². The lowest BCUT2D eigenvalue weighted by atomic mass is 10.4. The van der Waals surface area contributed by atoms with Gasteiger partial charge >= 0.3 is 5.97 Å². The molecule has 0 saturated heterocycles. The van der Waals surface area contributed by atoms with Crippen molar-refractivity contribution in [1.82, 2.24) is 0 Å². The summed E-state index contributed by atoms with van der Waals surface area (Å²) in [5.41, 5.74) is 0. The molecule has 0 atom stereocenters. The zero-order valence-corrected chi connectivity index (χ0v) is 7.60. The molecule has 0 fully saturated rings. The minimum atomic E-state index is -0.245. The maximum atomic E-state index is 10.6. The first-order chi connectivity index (χ1) is 5.83. The van der Waals surface area contributed by atoms with Crippen LogP contribution in [0, 0.1) is 0 Å². The highest BCUT2D eigenvalue weighted by atomic mass is 32.1. The topological polar surface area (TPSA) is 35.5 Å². The molecule has 0 spiro atoms. The Labute approximate surface area is 74.9 Å². The molecule has 0 unspecified atom stereocenters. The van der Waals surface area contributed by atoms with Crippen LogP contribution in [0.15, 0.2) is 16.8 Å². The van der Waals surface area contributed by atoms with Crippen molar-refractivity contribution < 1.29 is 14.3 Å². The van der Waals surface area contributed by atoms with Crippen LogP contribution in [0.25, 0.3) is 0 Å². The van der Waals surface area contributed by atoms with Gasteiger partial charge in [0.2, 0.25) is 0 Å². The molecule has 66 valence electrons. The average Bonchev–Trinajstić information content (AvgIpc) is 2.57. The Hall–Kier alpha value is -1.03. The highest BCUT2D eigenvalue weighted by molar-refractivity contribution is 7.08. The largest absolute Gasteiger partial charge is 0.492 e. The van der Waals surface area contributed by atoms with Gasteiger partial charge in [0.25, 0.3) is 0 Å². The minimum Gasteiger partial charge on any atom is -0.492 e. The fourth-order valence-electron chi connectivity index (χ4n) is 0.688. The summed E-state index contributed by atoms with van der Waals surface area (Å²) in [4.78, 5) is 10.6. The first-order valence-corrected chi connectivity index (χ1v) is 4.49. The summed E-state index contributed by atoms with van der Waals surface area (Å²) >= 11 is 1.56. The van der Waals surface area contributed by atoms with Crippen LogP contribution in [0.5, 0.6) is 5.75 Å². The number of ether oxygens (including phenoxy) is 2. The van der Waals surface area contributed by atoms with E-state index in [2.05, 4.69) is 4.74 Å². The molecule has 0 radical (unpaired) electrons. The molecule has 1 heterocycles. The first kappa shape index (κ1) is 9.06. The van der Waals surface area contributed by atoms with Gasteiger partial charge in [0.1, 0.15) is 5.75 Å². The quantitative estimate of drug-likeness (QED) is 0.671. The van der Waals surface area contributed by atoms with Gasteiger partial charge in [0.15, 0.2) is 0 Å². The zero-order chi connectivity index (χ0) is 8.81. The Morgan fingerprint density at radius 3 is 3.08 bits per heavy atom. The standard InChI is InChI=1S/C8H10O3S/c1-10-8(9)2-4-11-7-3-5-12-6-7/h3,5-6H,2,4H2,1H3. The smallest absolute Gasteiger partial charge is 0.308 e. The molecule has 0 aliphatic rings. The molecule has 1 rings (SSSR count). The van der Waals surface area contributed by atoms with Gasteiger partial charge in [-0.25, -0.2) is 0 Å². The summed E-state index contributed by atoms with van der Waals surface area (Å²) < 4.78 is 9.68. The number of hydrogen-bond acceptors (Lipinski definition) is 4. The summed E-state index contributed by atoms with van der Waals surface area (Å²) in [6, 6.07) is 1.86. The van der Waals surface area contributed by atoms with Crippen LogP contribution < -0.4 is 4.74 Å². The van der Waals surface area contributed by atoms with E-state index in [-0.39, 0.29) is 5.97 Å². The van der Waals surface area contributed by atoms with Crippen LogP contribution in [0.1, 0.15) is 6.42 Å². The van der Waals surface area contributed by atoms with Gasteiger partial charge in [-0.05, 0) is 11.4 Å². The van der Waals surface area contributed by atoms with Crippen LogP contribution >= 0.6 is 11.3 Å². The molecule has 3 nitrogen and oxygen atoms in total. The van der Waals surface area contributed by atoms with E-state index in [0.717, 1.165) is 5.75 Å². The lowest BCUT2D eigenvalue weighted by molar-refractivity contribution is -0.141. The number of carbonyl (C=O) groups excluding carboxylic acids is 1. The van der Waals surface area contributed by atoms with Crippen LogP contribution in [0.2, 0.25) is 0 Å². The lowest BCUT2D eigenvalue weighted by Gasteiger charge is -2.01. The Balaban J connectivity index is 2.15. The summed E-state index contributed by atoms with van der Waals surface area (Å²) in [7, 11) is 1.37. The molecule has 12 heavy (non-hydrogen) atoms. The number of methoxy groups -OCH3 is 1. The van der Waals surface area contributed by atoms with Crippen LogP contribution in [-0.4, -0.2) is 19.7 Å². The molecule has 4 heteroatoms. The Bertz CT molecular complexity index is 230. The van der Waals surface area contributed by atoms with E-state index < -0.39 is 0 Å². The maximum absolute atomic E-state index is 10.6. The van der Waals surface area contributed by atoms with Crippen molar-refractivity contribution in [3.05, 3.63) is 16.8 Å². The molecule has 0 N–H and O–H groups in total. The third-order valence-corrected chi connectivity index (χ3v) is 1.96. The Morgan fingerprint density at radius 1 is 1.67 bits per heavy atom. The highest BCUT2D eigenvalue weighted by Crippen LogP contribution is 2.14. The second-order valence-electron chi connectivity index (χ2n) is 2.13. The number of rotatable bonds is 4. The summed E-state index contributed by atoms with van der Waals surface area (Å²) in [6.45, 7) is 0.378. The van der Waals surface area contributed by atoms with Gasteiger partial charge in [-0.3, -0.25) is 4.79 Å². The van der Waals surface area contributed by atoms with E-state index in [9.17, 15) is 4.79 Å². The number of thiophene rings is 1. The summed E-state index contributed by atoms with van der Waals surface area (Å²) in [5.74, 6) is 0.564. The molecule has 0 aromatic carbocycles. The second kappa shape index (κ2) is 4.77. The van der Waals surface area contributed by atoms with Crippen molar-refractivity contribution in [3.63, 3.8) is 0 Å². The van der Waals surface area contributed by atoms with Crippen molar-refractivity contribution in [2.75, 3.05) is 13.7 Å². The van der Waals surface area contributed by atoms with E-state index in [4.69, 9.17) is 4.74 Å². The third kappa shape index (κ3) is 2.92. The number of carbonyl (C=O) groups is 1. The normalized spacial score (nSPS) is 9.42. The third-order valence-electron chi connectivity index (χ3n) is 1.30. The molecule has 1 aromatic rings. The Kier molecular flexibility index (Phi) is 3.60. The Morgan fingerprint density at radius 2 is 2.50 bits per heavy atom. The minimum absolute atomic E-state index is 0.245. The maximum Gasteiger partial charge on any atom is 0.308 e. The van der Waals surface area contributed by atoms with Gasteiger partial charge in [-0.2, -0.15) is 0 Å². The van der Waals surface area contributed by atoms with E-state index in [0.29, 0.717) is 13.0 Å². The average molecular weight is 186 g/mol. The molecule has 0 aliphatic heterocycles. The van der Waals surface area contributed by atoms with Crippen molar-refractivity contribution in [2.24, 2.45) is 0 Å². The first-order valence-electron chi connectivity index (χ1n) is 3.54. The predicted octanol–water partition coefficient (Wildman–Crippen LogP) is 1.69. The van der Waals surface area contributed by atoms with E-state index in [1.165, 1.54) is 7.11 Å². The summed E-state index contributed by atoms with van der Waals surface area (Å²) in [5, 5.41) is 3.81. The van der Waals surface area contributed by atoms with Crippen molar-refractivity contribution >= 4 is 17.3 Å². The number of hydrogen-bond donors (Lipinski definition) is 0. The monoisotopic (exact) mass is 186 g/mol. The van der Waals surface area contributed by atoms with E-state index >= 15 is 0 Å². The molecular formula is C8H10O3S. The van der Waals surface area contributed by atoms with Gasteiger partial charge in [-0.1, -0.05) is 0 Å². The van der Waals surface area contributed by atoms with E-state index in [1.54, 1.807) is 11.3 Å². The molecule has 0 bridgehead atoms. The predicted molar refractivity (Wildman–Crippen MR) is 46.4 cm³/mol. The lowest BCUT2D eigenvalue weighted by Crippen LogP contribution is -2.06. The molecular weight excluding hydrogens is 176 g/mol. The van der Waals surface area contributed by atoms with Crippen LogP contribution in [0.4, 0.5) is 0 Å². The van der Waals surface area contributed by atoms with Gasteiger partial charge < -0.3 is 9.47 Å². The van der Waals surface area contributed by atoms with Gasteiger partial charge in [0.05, 0.1) is 20.1 Å². The van der Waals surface area contributed by atoms with Crippen molar-refractivity contribution in [2.45, 2.75) is 6.42 Å². The van der Waals surface area contributed by atoms with Crippen LogP contribution in [0.3, 0.4) is 0 Å². The van der Waals surface area contributed by atoms with E-state index in [1.807, 2.05) is 16.8 Å². The fraction of sp³-hybridized carbons (Fsp3) is 0.375. The molecule has 0 saturated carbocycles. The summed E-state index contributed by atoms with van der Waals surface area (Å²) in [6.07, 6.45) is 0.298. The zero-order valence-electron chi connectivity index (χ0n) is 6.78. The van der Waals surface area contributed by atoms with Gasteiger partial charge in [-0.15, -0.1) is 11.3 Å². The highest BCUT2D eigenvalue weighted by Gasteiger charge is 2.00. The van der Waals surface area contributed by atoms with Gasteiger partial charge in [0, 0.05) is 5.38 Å². The molecule has 1 aromatic heterocycles. The molecule has 0 aliphatic carbocycles. The SMILES string of the molecule is COC(=O)CCOc1ccsc1. The number of esters is 1. The van der Waals surface area contributed by atoms with Crippen LogP contribution in [-0.2, 0) is 9.53 Å².